The van der Waals surface area contributed by atoms with E-state index in [4.69, 9.17) is 9.73 Å². The van der Waals surface area contributed by atoms with Gasteiger partial charge in [-0.25, -0.2) is 4.99 Å². The highest BCUT2D eigenvalue weighted by Gasteiger charge is 2.18. The predicted molar refractivity (Wildman–Crippen MR) is 112 cm³/mol. The fourth-order valence-electron chi connectivity index (χ4n) is 3.44. The van der Waals surface area contributed by atoms with Crippen LogP contribution in [-0.2, 0) is 4.74 Å². The van der Waals surface area contributed by atoms with Crippen LogP contribution in [0, 0.1) is 13.8 Å². The number of rotatable bonds is 4. The number of dihydropyridines is 1. The Morgan fingerprint density at radius 3 is 2.63 bits per heavy atom. The molecule has 1 aliphatic rings. The molecule has 3 aromatic rings. The zero-order chi connectivity index (χ0) is 19.0. The maximum absolute atomic E-state index is 6.03. The van der Waals surface area contributed by atoms with Gasteiger partial charge in [0.05, 0.1) is 17.5 Å². The lowest BCUT2D eigenvalue weighted by atomic mass is 10.1. The van der Waals surface area contributed by atoms with Crippen molar-refractivity contribution in [1.82, 2.24) is 9.97 Å². The van der Waals surface area contributed by atoms with E-state index in [9.17, 15) is 0 Å². The second-order valence-corrected chi connectivity index (χ2v) is 7.35. The quantitative estimate of drug-likeness (QED) is 0.621. The van der Waals surface area contributed by atoms with Gasteiger partial charge in [0, 0.05) is 28.7 Å². The first kappa shape index (κ1) is 17.4. The van der Waals surface area contributed by atoms with Gasteiger partial charge in [-0.1, -0.05) is 18.2 Å². The van der Waals surface area contributed by atoms with Crippen LogP contribution >= 0.6 is 0 Å². The van der Waals surface area contributed by atoms with Gasteiger partial charge in [0.1, 0.15) is 11.5 Å². The summed E-state index contributed by atoms with van der Waals surface area (Å²) in [6, 6.07) is 12.6. The van der Waals surface area contributed by atoms with Crippen LogP contribution in [-0.4, -0.2) is 21.8 Å². The minimum absolute atomic E-state index is 0.107. The molecule has 0 aliphatic carbocycles. The molecule has 1 aliphatic heterocycles. The lowest BCUT2D eigenvalue weighted by Crippen LogP contribution is -2.11. The minimum Gasteiger partial charge on any atom is -0.489 e. The largest absolute Gasteiger partial charge is 0.489 e. The molecule has 27 heavy (non-hydrogen) atoms. The van der Waals surface area contributed by atoms with Crippen LogP contribution in [0.15, 0.2) is 58.9 Å². The number of ether oxygens (including phenoxy) is 1. The van der Waals surface area contributed by atoms with Crippen molar-refractivity contribution in [2.45, 2.75) is 40.2 Å². The van der Waals surface area contributed by atoms with Crippen molar-refractivity contribution in [3.05, 3.63) is 76.6 Å². The van der Waals surface area contributed by atoms with Gasteiger partial charge in [-0.15, -0.1) is 0 Å². The number of benzene rings is 1. The monoisotopic (exact) mass is 359 g/mol. The second kappa shape index (κ2) is 6.95. The fraction of sp³-hybridized carbons (Fsp3) is 0.261. The predicted octanol–water partition coefficient (Wildman–Crippen LogP) is 5.66. The molecule has 0 radical (unpaired) electrons. The van der Waals surface area contributed by atoms with Gasteiger partial charge < -0.3 is 14.7 Å². The maximum Gasteiger partial charge on any atom is 0.141 e. The maximum atomic E-state index is 6.03. The molecule has 2 aromatic heterocycles. The Morgan fingerprint density at radius 1 is 1.11 bits per heavy atom. The van der Waals surface area contributed by atoms with Gasteiger partial charge in [-0.05, 0) is 63.6 Å². The van der Waals surface area contributed by atoms with Crippen LogP contribution in [0.1, 0.15) is 42.9 Å². The van der Waals surface area contributed by atoms with E-state index in [0.717, 1.165) is 46.2 Å². The number of fused-ring (bicyclic) bond motifs is 1. The van der Waals surface area contributed by atoms with Gasteiger partial charge in [0.25, 0.3) is 0 Å². The molecule has 138 valence electrons. The van der Waals surface area contributed by atoms with E-state index < -0.39 is 0 Å². The van der Waals surface area contributed by atoms with Crippen LogP contribution < -0.4 is 0 Å². The fourth-order valence-corrected chi connectivity index (χ4v) is 3.44. The van der Waals surface area contributed by atoms with E-state index in [0.29, 0.717) is 0 Å². The average Bonchev–Trinajstić information content (AvgIpc) is 3.19. The SMILES string of the molecule is Cc1cc(C)c(/C=C2\N=C(c3cc4ccccc4[nH]3)CC=C2OC(C)C)[nH]1. The third-order valence-electron chi connectivity index (χ3n) is 4.66. The normalized spacial score (nSPS) is 16.1. The van der Waals surface area contributed by atoms with Crippen LogP contribution in [0.2, 0.25) is 0 Å². The summed E-state index contributed by atoms with van der Waals surface area (Å²) in [5.41, 5.74) is 7.48. The Labute approximate surface area is 159 Å². The van der Waals surface area contributed by atoms with Crippen molar-refractivity contribution >= 4 is 22.7 Å². The number of aromatic amines is 2. The van der Waals surface area contributed by atoms with Crippen molar-refractivity contribution in [1.29, 1.82) is 0 Å². The van der Waals surface area contributed by atoms with Crippen LogP contribution in [0.3, 0.4) is 0 Å². The highest BCUT2D eigenvalue weighted by atomic mass is 16.5. The summed E-state index contributed by atoms with van der Waals surface area (Å²) in [7, 11) is 0. The van der Waals surface area contributed by atoms with E-state index in [1.165, 1.54) is 10.9 Å². The molecule has 0 unspecified atom stereocenters. The first-order valence-corrected chi connectivity index (χ1v) is 9.40. The van der Waals surface area contributed by atoms with Gasteiger partial charge in [0.2, 0.25) is 0 Å². The molecule has 0 atom stereocenters. The molecule has 0 amide bonds. The Hall–Kier alpha value is -3.01. The number of para-hydroxylation sites is 1. The van der Waals surface area contributed by atoms with E-state index in [-0.39, 0.29) is 6.10 Å². The molecule has 0 saturated heterocycles. The molecule has 4 heteroatoms. The molecule has 0 saturated carbocycles. The van der Waals surface area contributed by atoms with Gasteiger partial charge >= 0.3 is 0 Å². The van der Waals surface area contributed by atoms with E-state index in [2.05, 4.69) is 66.3 Å². The van der Waals surface area contributed by atoms with Gasteiger partial charge in [-0.2, -0.15) is 0 Å². The Bertz CT molecular complexity index is 1040. The summed E-state index contributed by atoms with van der Waals surface area (Å²) in [4.78, 5) is 11.9. The zero-order valence-corrected chi connectivity index (χ0v) is 16.3. The van der Waals surface area contributed by atoms with Crippen molar-refractivity contribution in [2.24, 2.45) is 4.99 Å². The molecular weight excluding hydrogens is 334 g/mol. The molecule has 0 fully saturated rings. The number of H-pyrrole nitrogens is 2. The number of nitrogens with one attached hydrogen (secondary N) is 2. The molecule has 4 rings (SSSR count). The standard InChI is InChI=1S/C23H25N3O/c1-14(2)27-23-10-9-19(21-12-17-7-5-6-8-18(17)25-21)26-22(23)13-20-15(3)11-16(4)24-20/h5-8,10-14,24-25H,9H2,1-4H3/b22-13-. The summed E-state index contributed by atoms with van der Waals surface area (Å²) in [5.74, 6) is 0.844. The van der Waals surface area contributed by atoms with Crippen LogP contribution in [0.25, 0.3) is 17.0 Å². The lowest BCUT2D eigenvalue weighted by Gasteiger charge is -2.19. The molecule has 1 aromatic carbocycles. The van der Waals surface area contributed by atoms with Crippen LogP contribution in [0.5, 0.6) is 0 Å². The summed E-state index contributed by atoms with van der Waals surface area (Å²) in [6.45, 7) is 8.25. The summed E-state index contributed by atoms with van der Waals surface area (Å²) in [5, 5.41) is 1.20. The molecule has 3 heterocycles. The second-order valence-electron chi connectivity index (χ2n) is 7.35. The summed E-state index contributed by atoms with van der Waals surface area (Å²) >= 11 is 0. The number of hydrogen-bond acceptors (Lipinski definition) is 2. The number of nitrogens with zero attached hydrogens (tertiary/aromatic N) is 1. The highest BCUT2D eigenvalue weighted by Crippen LogP contribution is 2.27. The van der Waals surface area contributed by atoms with Crippen molar-refractivity contribution in [3.8, 4) is 0 Å². The van der Waals surface area contributed by atoms with E-state index in [1.807, 2.05) is 19.9 Å². The van der Waals surface area contributed by atoms with Crippen LogP contribution in [0.4, 0.5) is 0 Å². The summed E-state index contributed by atoms with van der Waals surface area (Å²) in [6.07, 6.45) is 5.06. The van der Waals surface area contributed by atoms with Crippen molar-refractivity contribution in [2.75, 3.05) is 0 Å². The van der Waals surface area contributed by atoms with Crippen molar-refractivity contribution < 1.29 is 4.74 Å². The molecule has 0 bridgehead atoms. The zero-order valence-electron chi connectivity index (χ0n) is 16.3. The number of aliphatic imine (C=N–C) groups is 1. The number of allylic oxidation sites excluding steroid dienone is 1. The Morgan fingerprint density at radius 2 is 1.93 bits per heavy atom. The molecule has 4 nitrogen and oxygen atoms in total. The summed E-state index contributed by atoms with van der Waals surface area (Å²) < 4.78 is 6.03. The highest BCUT2D eigenvalue weighted by molar-refractivity contribution is 6.05. The first-order valence-electron chi connectivity index (χ1n) is 9.40. The Kier molecular flexibility index (Phi) is 4.48. The van der Waals surface area contributed by atoms with E-state index >= 15 is 0 Å². The first-order chi connectivity index (χ1) is 13.0. The smallest absolute Gasteiger partial charge is 0.141 e. The molecular formula is C23H25N3O. The third kappa shape index (κ3) is 3.61. The number of hydrogen-bond donors (Lipinski definition) is 2. The van der Waals surface area contributed by atoms with Gasteiger partial charge in [-0.3, -0.25) is 0 Å². The minimum atomic E-state index is 0.107. The Balaban J connectivity index is 1.76. The molecule has 2 N–H and O–H groups in total. The third-order valence-corrected chi connectivity index (χ3v) is 4.66. The number of aryl methyl sites for hydroxylation is 2. The average molecular weight is 359 g/mol. The topological polar surface area (TPSA) is 53.2 Å². The number of aromatic nitrogens is 2. The van der Waals surface area contributed by atoms with Crippen molar-refractivity contribution in [3.63, 3.8) is 0 Å². The lowest BCUT2D eigenvalue weighted by molar-refractivity contribution is 0.153. The molecule has 0 spiro atoms. The van der Waals surface area contributed by atoms with Gasteiger partial charge in [0.15, 0.2) is 0 Å². The van der Waals surface area contributed by atoms with E-state index in [1.54, 1.807) is 0 Å².